The number of halogens is 1. The summed E-state index contributed by atoms with van der Waals surface area (Å²) in [6.45, 7) is 0.771. The summed E-state index contributed by atoms with van der Waals surface area (Å²) in [4.78, 5) is 14.5. The molecule has 2 aliphatic rings. The number of nitrogens with zero attached hydrogens (tertiary/aromatic N) is 2. The largest absolute Gasteiger partial charge is 0.445 e. The highest BCUT2D eigenvalue weighted by Gasteiger charge is 2.49. The molecule has 4 rings (SSSR count). The third-order valence-electron chi connectivity index (χ3n) is 5.82. The first-order valence-electron chi connectivity index (χ1n) is 9.95. The lowest BCUT2D eigenvalue weighted by Crippen LogP contribution is -2.62. The molecule has 6 nitrogen and oxygen atoms in total. The van der Waals surface area contributed by atoms with E-state index in [9.17, 15) is 14.3 Å². The molecule has 2 aromatic rings. The highest BCUT2D eigenvalue weighted by Crippen LogP contribution is 2.41. The second kappa shape index (κ2) is 8.42. The molecule has 1 N–H and O–H groups in total. The van der Waals surface area contributed by atoms with Gasteiger partial charge in [-0.25, -0.2) is 9.18 Å². The van der Waals surface area contributed by atoms with Crippen LogP contribution in [0, 0.1) is 17.1 Å². The molecule has 0 saturated carbocycles. The number of carbonyl (C=O) groups excluding carboxylic acids is 1. The van der Waals surface area contributed by atoms with Gasteiger partial charge in [-0.3, -0.25) is 4.90 Å². The first-order chi connectivity index (χ1) is 14.5. The van der Waals surface area contributed by atoms with E-state index < -0.39 is 17.5 Å². The van der Waals surface area contributed by atoms with Crippen LogP contribution in [0.3, 0.4) is 0 Å². The Hall–Kier alpha value is -2.95. The van der Waals surface area contributed by atoms with Crippen molar-refractivity contribution >= 4 is 6.09 Å². The second-order valence-electron chi connectivity index (χ2n) is 7.87. The molecule has 1 amide bonds. The van der Waals surface area contributed by atoms with E-state index in [1.165, 1.54) is 6.07 Å². The number of hydrogen-bond acceptors (Lipinski definition) is 5. The van der Waals surface area contributed by atoms with Crippen molar-refractivity contribution in [1.82, 2.24) is 4.90 Å². The zero-order chi connectivity index (χ0) is 21.1. The first kappa shape index (κ1) is 20.3. The molecular weight excluding hydrogens is 387 g/mol. The molecule has 2 aromatic carbocycles. The molecule has 0 spiro atoms. The molecule has 7 heteroatoms. The average Bonchev–Trinajstić information content (AvgIpc) is 2.74. The Morgan fingerprint density at radius 1 is 1.23 bits per heavy atom. The van der Waals surface area contributed by atoms with E-state index in [0.717, 1.165) is 5.56 Å². The van der Waals surface area contributed by atoms with Gasteiger partial charge in [-0.05, 0) is 23.3 Å². The molecule has 0 aromatic heterocycles. The van der Waals surface area contributed by atoms with Gasteiger partial charge in [0.05, 0.1) is 43.4 Å². The second-order valence-corrected chi connectivity index (χ2v) is 7.87. The van der Waals surface area contributed by atoms with Crippen LogP contribution < -0.4 is 0 Å². The van der Waals surface area contributed by atoms with Gasteiger partial charge in [0, 0.05) is 18.4 Å². The van der Waals surface area contributed by atoms with Crippen molar-refractivity contribution in [3.05, 3.63) is 71.0 Å². The summed E-state index contributed by atoms with van der Waals surface area (Å²) in [5, 5.41) is 20.3. The summed E-state index contributed by atoms with van der Waals surface area (Å²) < 4.78 is 25.1. The summed E-state index contributed by atoms with van der Waals surface area (Å²) in [5.74, 6) is -0.464. The molecule has 0 radical (unpaired) electrons. The van der Waals surface area contributed by atoms with Crippen molar-refractivity contribution in [2.75, 3.05) is 13.2 Å². The highest BCUT2D eigenvalue weighted by atomic mass is 19.1. The van der Waals surface area contributed by atoms with Crippen LogP contribution in [0.1, 0.15) is 29.5 Å². The van der Waals surface area contributed by atoms with E-state index in [2.05, 4.69) is 0 Å². The third-order valence-corrected chi connectivity index (χ3v) is 5.82. The van der Waals surface area contributed by atoms with E-state index in [0.29, 0.717) is 18.8 Å². The molecule has 2 fully saturated rings. The van der Waals surface area contributed by atoms with Gasteiger partial charge in [0.25, 0.3) is 0 Å². The Morgan fingerprint density at radius 3 is 2.60 bits per heavy atom. The first-order valence-corrected chi connectivity index (χ1v) is 9.95. The molecule has 2 aliphatic heterocycles. The number of ether oxygens (including phenoxy) is 2. The molecule has 2 atom stereocenters. The number of aliphatic hydroxyl groups is 1. The van der Waals surface area contributed by atoms with Gasteiger partial charge in [-0.15, -0.1) is 0 Å². The van der Waals surface area contributed by atoms with Gasteiger partial charge in [-0.1, -0.05) is 36.4 Å². The molecule has 30 heavy (non-hydrogen) atoms. The summed E-state index contributed by atoms with van der Waals surface area (Å²) in [7, 11) is 0. The van der Waals surface area contributed by atoms with Crippen molar-refractivity contribution in [3.63, 3.8) is 0 Å². The molecule has 0 aliphatic carbocycles. The number of morpholine rings is 1. The zero-order valence-corrected chi connectivity index (χ0v) is 16.5. The predicted molar refractivity (Wildman–Crippen MR) is 106 cm³/mol. The van der Waals surface area contributed by atoms with Crippen LogP contribution in [0.25, 0.3) is 0 Å². The maximum absolute atomic E-state index is 13.9. The SMILES string of the molecule is N#CCc1cc(C2(O)CC3COCC(C2)N3C(=O)OCc2ccccc2)ccc1F. The Balaban J connectivity index is 1.51. The minimum atomic E-state index is -1.23. The fourth-order valence-electron chi connectivity index (χ4n) is 4.39. The Bertz CT molecular complexity index is 945. The standard InChI is InChI=1S/C23H23FN2O4/c24-21-7-6-18(10-17(21)8-9-25)23(28)11-19-14-29-15-20(12-23)26(19)22(27)30-13-16-4-2-1-3-5-16/h1-7,10,19-20,28H,8,11-15H2. The number of piperidine rings is 1. The van der Waals surface area contributed by atoms with E-state index in [1.807, 2.05) is 36.4 Å². The van der Waals surface area contributed by atoms with Crippen LogP contribution in [0.15, 0.2) is 48.5 Å². The Morgan fingerprint density at radius 2 is 1.93 bits per heavy atom. The zero-order valence-electron chi connectivity index (χ0n) is 16.5. The van der Waals surface area contributed by atoms with Gasteiger partial charge in [-0.2, -0.15) is 5.26 Å². The predicted octanol–water partition coefficient (Wildman–Crippen LogP) is 3.28. The minimum Gasteiger partial charge on any atom is -0.445 e. The lowest BCUT2D eigenvalue weighted by molar-refractivity contribution is -0.137. The molecule has 2 bridgehead atoms. The Labute approximate surface area is 174 Å². The summed E-state index contributed by atoms with van der Waals surface area (Å²) in [6, 6.07) is 15.1. The van der Waals surface area contributed by atoms with Gasteiger partial charge < -0.3 is 14.6 Å². The van der Waals surface area contributed by atoms with Crippen LogP contribution in [-0.4, -0.2) is 41.4 Å². The van der Waals surface area contributed by atoms with E-state index in [-0.39, 0.29) is 43.5 Å². The quantitative estimate of drug-likeness (QED) is 0.837. The molecule has 2 saturated heterocycles. The highest BCUT2D eigenvalue weighted by molar-refractivity contribution is 5.69. The van der Waals surface area contributed by atoms with Crippen molar-refractivity contribution in [3.8, 4) is 6.07 Å². The fraction of sp³-hybridized carbons (Fsp3) is 0.391. The topological polar surface area (TPSA) is 82.8 Å². The lowest BCUT2D eigenvalue weighted by Gasteiger charge is -2.51. The Kier molecular flexibility index (Phi) is 5.71. The van der Waals surface area contributed by atoms with E-state index in [4.69, 9.17) is 14.7 Å². The summed E-state index contributed by atoms with van der Waals surface area (Å²) in [6.07, 6.45) is 0.00995. The van der Waals surface area contributed by atoms with E-state index >= 15 is 0 Å². The minimum absolute atomic E-state index is 0.0658. The summed E-state index contributed by atoms with van der Waals surface area (Å²) >= 11 is 0. The maximum Gasteiger partial charge on any atom is 0.410 e. The van der Waals surface area contributed by atoms with Gasteiger partial charge in [0.1, 0.15) is 12.4 Å². The molecular formula is C23H23FN2O4. The van der Waals surface area contributed by atoms with Crippen LogP contribution in [0.4, 0.5) is 9.18 Å². The maximum atomic E-state index is 13.9. The number of benzene rings is 2. The number of carbonyl (C=O) groups is 1. The smallest absolute Gasteiger partial charge is 0.410 e. The van der Waals surface area contributed by atoms with Crippen molar-refractivity contribution in [2.45, 2.75) is 43.6 Å². The van der Waals surface area contributed by atoms with Gasteiger partial charge in [0.2, 0.25) is 0 Å². The summed E-state index contributed by atoms with van der Waals surface area (Å²) in [5.41, 5.74) is 0.489. The van der Waals surface area contributed by atoms with Crippen LogP contribution in [-0.2, 0) is 28.1 Å². The van der Waals surface area contributed by atoms with Crippen LogP contribution in [0.5, 0.6) is 0 Å². The fourth-order valence-corrected chi connectivity index (χ4v) is 4.39. The lowest BCUT2D eigenvalue weighted by atomic mass is 9.76. The average molecular weight is 410 g/mol. The van der Waals surface area contributed by atoms with E-state index in [1.54, 1.807) is 17.0 Å². The monoisotopic (exact) mass is 410 g/mol. The molecule has 156 valence electrons. The molecule has 2 unspecified atom stereocenters. The third kappa shape index (κ3) is 4.02. The number of fused-ring (bicyclic) bond motifs is 2. The van der Waals surface area contributed by atoms with Crippen LogP contribution >= 0.6 is 0 Å². The van der Waals surface area contributed by atoms with Crippen LogP contribution in [0.2, 0.25) is 0 Å². The molecule has 2 heterocycles. The van der Waals surface area contributed by atoms with Gasteiger partial charge in [0.15, 0.2) is 0 Å². The number of hydrogen-bond donors (Lipinski definition) is 1. The van der Waals surface area contributed by atoms with Crippen molar-refractivity contribution in [1.29, 1.82) is 5.26 Å². The van der Waals surface area contributed by atoms with Crippen molar-refractivity contribution in [2.24, 2.45) is 0 Å². The van der Waals surface area contributed by atoms with Crippen molar-refractivity contribution < 1.29 is 23.8 Å². The number of rotatable bonds is 4. The number of nitriles is 1. The number of amides is 1. The normalized spacial score (nSPS) is 25.4. The van der Waals surface area contributed by atoms with Gasteiger partial charge >= 0.3 is 6.09 Å².